The van der Waals surface area contributed by atoms with Gasteiger partial charge in [-0.3, -0.25) is 10.1 Å². The molecule has 1 aliphatic rings. The fourth-order valence-electron chi connectivity index (χ4n) is 2.79. The highest BCUT2D eigenvalue weighted by Crippen LogP contribution is 2.35. The van der Waals surface area contributed by atoms with Crippen LogP contribution in [-0.4, -0.2) is 27.0 Å². The highest BCUT2D eigenvalue weighted by molar-refractivity contribution is 6.28. The lowest BCUT2D eigenvalue weighted by molar-refractivity contribution is -0.384. The van der Waals surface area contributed by atoms with Crippen LogP contribution in [0.3, 0.4) is 0 Å². The summed E-state index contributed by atoms with van der Waals surface area (Å²) in [5, 5.41) is 11.3. The van der Waals surface area contributed by atoms with Crippen LogP contribution in [0.15, 0.2) is 6.20 Å². The smallest absolute Gasteiger partial charge is 0.329 e. The first-order valence-electron chi connectivity index (χ1n) is 6.99. The van der Waals surface area contributed by atoms with Gasteiger partial charge in [-0.15, -0.1) is 0 Å². The molecule has 1 heterocycles. The van der Waals surface area contributed by atoms with Crippen molar-refractivity contribution in [3.63, 3.8) is 0 Å². The Bertz CT molecular complexity index is 491. The molecule has 0 amide bonds. The molecule has 0 aliphatic heterocycles. The quantitative estimate of drug-likeness (QED) is 0.472. The lowest BCUT2D eigenvalue weighted by Crippen LogP contribution is -2.41. The first-order chi connectivity index (χ1) is 9.54. The predicted molar refractivity (Wildman–Crippen MR) is 78.2 cm³/mol. The van der Waals surface area contributed by atoms with E-state index in [0.717, 1.165) is 32.1 Å². The molecule has 1 atom stereocenters. The molecule has 0 N–H and O–H groups in total. The Kier molecular flexibility index (Phi) is 4.75. The summed E-state index contributed by atoms with van der Waals surface area (Å²) in [5.41, 5.74) is -0.0680. The normalized spacial score (nSPS) is 17.1. The van der Waals surface area contributed by atoms with Gasteiger partial charge in [-0.05, 0) is 37.8 Å². The molecule has 110 valence electrons. The van der Waals surface area contributed by atoms with Gasteiger partial charge in [0.15, 0.2) is 0 Å². The molecule has 1 fully saturated rings. The molecule has 1 aromatic heterocycles. The summed E-state index contributed by atoms with van der Waals surface area (Å²) >= 11 is 5.85. The molecular formula is C13H19ClN4O2. The fourth-order valence-corrected chi connectivity index (χ4v) is 2.91. The van der Waals surface area contributed by atoms with Gasteiger partial charge in [-0.1, -0.05) is 19.8 Å². The molecule has 1 aliphatic carbocycles. The maximum Gasteiger partial charge on any atom is 0.329 e. The number of anilines is 1. The van der Waals surface area contributed by atoms with Crippen molar-refractivity contribution < 1.29 is 4.92 Å². The Morgan fingerprint density at radius 2 is 2.20 bits per heavy atom. The highest BCUT2D eigenvalue weighted by Gasteiger charge is 2.32. The number of halogens is 1. The van der Waals surface area contributed by atoms with Crippen LogP contribution < -0.4 is 4.90 Å². The lowest BCUT2D eigenvalue weighted by atomic mass is 10.1. The lowest BCUT2D eigenvalue weighted by Gasteiger charge is -2.34. The molecule has 1 saturated carbocycles. The Morgan fingerprint density at radius 3 is 2.75 bits per heavy atom. The average Bonchev–Trinajstić information content (AvgIpc) is 2.92. The third-order valence-electron chi connectivity index (χ3n) is 3.95. The van der Waals surface area contributed by atoms with Crippen LogP contribution in [0.25, 0.3) is 0 Å². The molecular weight excluding hydrogens is 280 g/mol. The fraction of sp³-hybridized carbons (Fsp3) is 0.692. The molecule has 20 heavy (non-hydrogen) atoms. The zero-order chi connectivity index (χ0) is 14.7. The molecule has 0 bridgehead atoms. The molecule has 0 saturated heterocycles. The predicted octanol–water partition coefficient (Wildman–Crippen LogP) is 3.59. The van der Waals surface area contributed by atoms with Gasteiger partial charge >= 0.3 is 5.69 Å². The number of nitrogens with zero attached hydrogens (tertiary/aromatic N) is 4. The number of rotatable bonds is 5. The van der Waals surface area contributed by atoms with Gasteiger partial charge in [0.2, 0.25) is 11.1 Å². The van der Waals surface area contributed by atoms with E-state index in [0.29, 0.717) is 11.9 Å². The second-order valence-corrected chi connectivity index (χ2v) is 5.55. The summed E-state index contributed by atoms with van der Waals surface area (Å²) in [6.45, 7) is 4.14. The summed E-state index contributed by atoms with van der Waals surface area (Å²) in [4.78, 5) is 20.7. The van der Waals surface area contributed by atoms with Gasteiger partial charge in [-0.25, -0.2) is 4.98 Å². The Labute approximate surface area is 123 Å². The molecule has 0 radical (unpaired) electrons. The number of hydrogen-bond donors (Lipinski definition) is 0. The largest absolute Gasteiger partial charge is 0.345 e. The van der Waals surface area contributed by atoms with Gasteiger partial charge in [0, 0.05) is 12.1 Å². The van der Waals surface area contributed by atoms with Crippen LogP contribution in [0, 0.1) is 10.1 Å². The van der Waals surface area contributed by atoms with Crippen molar-refractivity contribution in [1.82, 2.24) is 9.97 Å². The number of aromatic nitrogens is 2. The van der Waals surface area contributed by atoms with Crippen LogP contribution in [-0.2, 0) is 0 Å². The maximum absolute atomic E-state index is 11.2. The molecule has 2 rings (SSSR count). The van der Waals surface area contributed by atoms with Gasteiger partial charge in [0.1, 0.15) is 6.20 Å². The van der Waals surface area contributed by atoms with Gasteiger partial charge < -0.3 is 4.90 Å². The summed E-state index contributed by atoms with van der Waals surface area (Å²) in [5.74, 6) is 0.358. The van der Waals surface area contributed by atoms with Crippen molar-refractivity contribution in [2.24, 2.45) is 0 Å². The molecule has 0 unspecified atom stereocenters. The van der Waals surface area contributed by atoms with E-state index in [4.69, 9.17) is 11.6 Å². The van der Waals surface area contributed by atoms with Crippen LogP contribution in [0.2, 0.25) is 5.28 Å². The highest BCUT2D eigenvalue weighted by atomic mass is 35.5. The van der Waals surface area contributed by atoms with Gasteiger partial charge in [0.25, 0.3) is 0 Å². The van der Waals surface area contributed by atoms with E-state index < -0.39 is 4.92 Å². The van der Waals surface area contributed by atoms with Crippen molar-refractivity contribution in [1.29, 1.82) is 0 Å². The molecule has 6 nitrogen and oxygen atoms in total. The third-order valence-corrected chi connectivity index (χ3v) is 4.13. The average molecular weight is 299 g/mol. The van der Waals surface area contributed by atoms with Gasteiger partial charge in [0.05, 0.1) is 4.92 Å². The van der Waals surface area contributed by atoms with E-state index in [1.54, 1.807) is 0 Å². The minimum absolute atomic E-state index is 0.0527. The summed E-state index contributed by atoms with van der Waals surface area (Å²) in [7, 11) is 0. The van der Waals surface area contributed by atoms with Crippen LogP contribution >= 0.6 is 11.6 Å². The third kappa shape index (κ3) is 3.00. The van der Waals surface area contributed by atoms with Crippen molar-refractivity contribution in [3.05, 3.63) is 21.6 Å². The summed E-state index contributed by atoms with van der Waals surface area (Å²) < 4.78 is 0. The standard InChI is InChI=1S/C13H19ClN4O2/c1-3-9(2)17(10-6-4-5-7-10)12-11(18(19)20)8-15-13(14)16-12/h8-10H,3-7H2,1-2H3/t9-/m0/s1. The van der Waals surface area contributed by atoms with Crippen molar-refractivity contribution in [2.75, 3.05) is 4.90 Å². The monoisotopic (exact) mass is 298 g/mol. The summed E-state index contributed by atoms with van der Waals surface area (Å²) in [6.07, 6.45) is 6.50. The maximum atomic E-state index is 11.2. The van der Waals surface area contributed by atoms with Crippen LogP contribution in [0.4, 0.5) is 11.5 Å². The first-order valence-corrected chi connectivity index (χ1v) is 7.37. The SMILES string of the molecule is CC[C@H](C)N(c1nc(Cl)ncc1[N+](=O)[O-])C1CCCC1. The molecule has 0 aromatic carbocycles. The molecule has 1 aromatic rings. The minimum Gasteiger partial charge on any atom is -0.345 e. The second-order valence-electron chi connectivity index (χ2n) is 5.21. The van der Waals surface area contributed by atoms with Gasteiger partial charge in [-0.2, -0.15) is 4.98 Å². The van der Waals surface area contributed by atoms with Crippen LogP contribution in [0.1, 0.15) is 46.0 Å². The Morgan fingerprint density at radius 1 is 1.55 bits per heavy atom. The van der Waals surface area contributed by atoms with E-state index in [2.05, 4.69) is 28.7 Å². The zero-order valence-electron chi connectivity index (χ0n) is 11.8. The Balaban J connectivity index is 2.46. The van der Waals surface area contributed by atoms with Crippen molar-refractivity contribution >= 4 is 23.1 Å². The van der Waals surface area contributed by atoms with Crippen molar-refractivity contribution in [3.8, 4) is 0 Å². The zero-order valence-corrected chi connectivity index (χ0v) is 12.5. The molecule has 0 spiro atoms. The van der Waals surface area contributed by atoms with E-state index in [9.17, 15) is 10.1 Å². The Hall–Kier alpha value is -1.43. The topological polar surface area (TPSA) is 72.2 Å². The molecule has 7 heteroatoms. The number of nitro groups is 1. The van der Waals surface area contributed by atoms with E-state index in [1.807, 2.05) is 0 Å². The van der Waals surface area contributed by atoms with E-state index >= 15 is 0 Å². The number of hydrogen-bond acceptors (Lipinski definition) is 5. The summed E-state index contributed by atoms with van der Waals surface area (Å²) in [6, 6.07) is 0.484. The van der Waals surface area contributed by atoms with E-state index in [1.165, 1.54) is 6.20 Å². The second kappa shape index (κ2) is 6.35. The van der Waals surface area contributed by atoms with Crippen molar-refractivity contribution in [2.45, 2.75) is 58.0 Å². The first kappa shape index (κ1) is 15.0. The minimum atomic E-state index is -0.435. The van der Waals surface area contributed by atoms with Crippen LogP contribution in [0.5, 0.6) is 0 Å². The van der Waals surface area contributed by atoms with E-state index in [-0.39, 0.29) is 17.0 Å².